The van der Waals surface area contributed by atoms with Gasteiger partial charge < -0.3 is 9.47 Å². The first-order chi connectivity index (χ1) is 13.3. The smallest absolute Gasteiger partial charge is 0.168 e. The average Bonchev–Trinajstić information content (AvgIpc) is 3.11. The third-order valence-electron chi connectivity index (χ3n) is 5.64. The maximum atomic E-state index is 12.0. The van der Waals surface area contributed by atoms with Gasteiger partial charge in [0.05, 0.1) is 13.2 Å². The van der Waals surface area contributed by atoms with E-state index in [-0.39, 0.29) is 11.7 Å². The van der Waals surface area contributed by atoms with Gasteiger partial charge in [-0.3, -0.25) is 9.59 Å². The summed E-state index contributed by atoms with van der Waals surface area (Å²) in [6, 6.07) is 0. The molecule has 0 atom stereocenters. The molecular formula is C24H44O4. The molecule has 1 aliphatic rings. The topological polar surface area (TPSA) is 52.6 Å². The molecule has 4 heteroatoms. The molecule has 0 heterocycles. The van der Waals surface area contributed by atoms with Gasteiger partial charge in [0.1, 0.15) is 11.6 Å². The van der Waals surface area contributed by atoms with Crippen molar-refractivity contribution >= 4 is 11.6 Å². The van der Waals surface area contributed by atoms with Crippen molar-refractivity contribution in [2.24, 2.45) is 11.8 Å². The highest BCUT2D eigenvalue weighted by Gasteiger charge is 2.35. The van der Waals surface area contributed by atoms with E-state index < -0.39 is 0 Å². The third kappa shape index (κ3) is 11.3. The maximum absolute atomic E-state index is 12.0. The molecular weight excluding hydrogens is 352 g/mol. The van der Waals surface area contributed by atoms with E-state index in [9.17, 15) is 9.59 Å². The van der Waals surface area contributed by atoms with Crippen LogP contribution in [0.4, 0.5) is 0 Å². The standard InChI is InChI=1S/C24H44O4/c1-20(2)12-10-18-27-24(16-8-9-17-24)28-19-11-14-22(25)13-6-5-7-15-23(26)21(3)4/h20-21H,5-19H2,1-4H3. The number of ketones is 2. The van der Waals surface area contributed by atoms with Crippen molar-refractivity contribution < 1.29 is 19.1 Å². The SMILES string of the molecule is CC(C)CCCOC1(OCCCC(=O)CCCCCC(=O)C(C)C)CCCC1. The molecule has 1 aliphatic carbocycles. The van der Waals surface area contributed by atoms with Gasteiger partial charge in [-0.05, 0) is 50.9 Å². The Morgan fingerprint density at radius 1 is 0.786 bits per heavy atom. The Hall–Kier alpha value is -0.740. The molecule has 0 saturated heterocycles. The minimum atomic E-state index is -0.386. The molecule has 1 rings (SSSR count). The first kappa shape index (κ1) is 25.3. The lowest BCUT2D eigenvalue weighted by Crippen LogP contribution is -2.33. The lowest BCUT2D eigenvalue weighted by molar-refractivity contribution is -0.233. The fraction of sp³-hybridized carbons (Fsp3) is 0.917. The summed E-state index contributed by atoms with van der Waals surface area (Å²) in [6.45, 7) is 9.75. The monoisotopic (exact) mass is 396 g/mol. The number of ether oxygens (including phenoxy) is 2. The van der Waals surface area contributed by atoms with E-state index in [1.165, 1.54) is 19.3 Å². The molecule has 0 aromatic rings. The van der Waals surface area contributed by atoms with Crippen molar-refractivity contribution in [2.75, 3.05) is 13.2 Å². The Labute approximate surface area is 173 Å². The van der Waals surface area contributed by atoms with Crippen LogP contribution < -0.4 is 0 Å². The van der Waals surface area contributed by atoms with Crippen molar-refractivity contribution in [3.05, 3.63) is 0 Å². The average molecular weight is 397 g/mol. The van der Waals surface area contributed by atoms with Gasteiger partial charge in [-0.1, -0.05) is 34.1 Å². The second-order valence-electron chi connectivity index (χ2n) is 9.17. The highest BCUT2D eigenvalue weighted by Crippen LogP contribution is 2.34. The van der Waals surface area contributed by atoms with E-state index in [0.717, 1.165) is 51.6 Å². The molecule has 0 amide bonds. The number of unbranched alkanes of at least 4 members (excludes halogenated alkanes) is 2. The minimum absolute atomic E-state index is 0.129. The van der Waals surface area contributed by atoms with Crippen LogP contribution in [0.3, 0.4) is 0 Å². The van der Waals surface area contributed by atoms with Gasteiger partial charge in [0, 0.05) is 38.0 Å². The van der Waals surface area contributed by atoms with Gasteiger partial charge in [0.15, 0.2) is 5.79 Å². The first-order valence-corrected chi connectivity index (χ1v) is 11.7. The van der Waals surface area contributed by atoms with Gasteiger partial charge in [0.25, 0.3) is 0 Å². The summed E-state index contributed by atoms with van der Waals surface area (Å²) < 4.78 is 12.3. The zero-order chi connectivity index (χ0) is 20.8. The van der Waals surface area contributed by atoms with Crippen molar-refractivity contribution in [1.82, 2.24) is 0 Å². The van der Waals surface area contributed by atoms with Crippen LogP contribution in [0.2, 0.25) is 0 Å². The molecule has 0 aromatic carbocycles. The molecule has 0 unspecified atom stereocenters. The van der Waals surface area contributed by atoms with Gasteiger partial charge in [-0.2, -0.15) is 0 Å². The number of hydrogen-bond donors (Lipinski definition) is 0. The lowest BCUT2D eigenvalue weighted by atomic mass is 10.0. The number of carbonyl (C=O) groups excluding carboxylic acids is 2. The summed E-state index contributed by atoms with van der Waals surface area (Å²) in [5.74, 6) is 1.10. The number of carbonyl (C=O) groups is 2. The maximum Gasteiger partial charge on any atom is 0.168 e. The summed E-state index contributed by atoms with van der Waals surface area (Å²) >= 11 is 0. The fourth-order valence-corrected chi connectivity index (χ4v) is 3.73. The zero-order valence-electron chi connectivity index (χ0n) is 18.9. The largest absolute Gasteiger partial charge is 0.350 e. The summed E-state index contributed by atoms with van der Waals surface area (Å²) in [5, 5.41) is 0. The molecule has 1 saturated carbocycles. The van der Waals surface area contributed by atoms with Gasteiger partial charge in [-0.25, -0.2) is 0 Å². The second kappa shape index (κ2) is 14.3. The minimum Gasteiger partial charge on any atom is -0.350 e. The number of Topliss-reactive ketones (excluding diaryl/α,β-unsaturated/α-hetero) is 2. The predicted octanol–water partition coefficient (Wildman–Crippen LogP) is 6.25. The molecule has 0 spiro atoms. The Balaban J connectivity index is 2.09. The third-order valence-corrected chi connectivity index (χ3v) is 5.64. The quantitative estimate of drug-likeness (QED) is 0.215. The number of rotatable bonds is 17. The Bertz CT molecular complexity index is 436. The molecule has 0 radical (unpaired) electrons. The van der Waals surface area contributed by atoms with E-state index in [4.69, 9.17) is 9.47 Å². The van der Waals surface area contributed by atoms with E-state index in [0.29, 0.717) is 43.4 Å². The number of hydrogen-bond acceptors (Lipinski definition) is 4. The highest BCUT2D eigenvalue weighted by atomic mass is 16.7. The molecule has 164 valence electrons. The summed E-state index contributed by atoms with van der Waals surface area (Å²) in [7, 11) is 0. The van der Waals surface area contributed by atoms with E-state index in [1.54, 1.807) is 0 Å². The lowest BCUT2D eigenvalue weighted by Gasteiger charge is -2.30. The molecule has 28 heavy (non-hydrogen) atoms. The van der Waals surface area contributed by atoms with Crippen LogP contribution >= 0.6 is 0 Å². The first-order valence-electron chi connectivity index (χ1n) is 11.7. The summed E-state index contributed by atoms with van der Waals surface area (Å²) in [4.78, 5) is 23.6. The zero-order valence-corrected chi connectivity index (χ0v) is 18.9. The molecule has 1 fully saturated rings. The Kier molecular flexibility index (Phi) is 12.9. The summed E-state index contributed by atoms with van der Waals surface area (Å²) in [6.07, 6.45) is 12.0. The molecule has 0 aromatic heterocycles. The fourth-order valence-electron chi connectivity index (χ4n) is 3.73. The molecule has 0 N–H and O–H groups in total. The summed E-state index contributed by atoms with van der Waals surface area (Å²) in [5.41, 5.74) is 0. The van der Waals surface area contributed by atoms with Crippen LogP contribution in [0.15, 0.2) is 0 Å². The molecule has 0 aliphatic heterocycles. The van der Waals surface area contributed by atoms with Crippen LogP contribution in [0, 0.1) is 11.8 Å². The normalized spacial score (nSPS) is 16.2. The van der Waals surface area contributed by atoms with Crippen LogP contribution in [0.25, 0.3) is 0 Å². The van der Waals surface area contributed by atoms with E-state index in [1.807, 2.05) is 13.8 Å². The second-order valence-corrected chi connectivity index (χ2v) is 9.17. The highest BCUT2D eigenvalue weighted by molar-refractivity contribution is 5.80. The van der Waals surface area contributed by atoms with Gasteiger partial charge >= 0.3 is 0 Å². The van der Waals surface area contributed by atoms with Crippen LogP contribution in [0.1, 0.15) is 111 Å². The Morgan fingerprint density at radius 2 is 1.36 bits per heavy atom. The van der Waals surface area contributed by atoms with Gasteiger partial charge in [-0.15, -0.1) is 0 Å². The van der Waals surface area contributed by atoms with Crippen LogP contribution in [0.5, 0.6) is 0 Å². The van der Waals surface area contributed by atoms with Crippen molar-refractivity contribution in [3.63, 3.8) is 0 Å². The van der Waals surface area contributed by atoms with Crippen molar-refractivity contribution in [1.29, 1.82) is 0 Å². The van der Waals surface area contributed by atoms with Gasteiger partial charge in [0.2, 0.25) is 0 Å². The van der Waals surface area contributed by atoms with Crippen molar-refractivity contribution in [2.45, 2.75) is 117 Å². The van der Waals surface area contributed by atoms with Crippen molar-refractivity contribution in [3.8, 4) is 0 Å². The predicted molar refractivity (Wildman–Crippen MR) is 114 cm³/mol. The Morgan fingerprint density at radius 3 is 1.96 bits per heavy atom. The van der Waals surface area contributed by atoms with Crippen LogP contribution in [-0.4, -0.2) is 30.6 Å². The molecule has 0 bridgehead atoms. The van der Waals surface area contributed by atoms with E-state index in [2.05, 4.69) is 13.8 Å². The van der Waals surface area contributed by atoms with E-state index >= 15 is 0 Å². The molecule has 4 nitrogen and oxygen atoms in total. The van der Waals surface area contributed by atoms with Crippen LogP contribution in [-0.2, 0) is 19.1 Å².